The van der Waals surface area contributed by atoms with Crippen LogP contribution >= 0.6 is 27.5 Å². The number of aromatic nitrogens is 2. The Balaban J connectivity index is 2.72. The summed E-state index contributed by atoms with van der Waals surface area (Å²) in [7, 11) is 1.67. The number of aryl methyl sites for hydroxylation is 1. The average molecular weight is 318 g/mol. The largest absolute Gasteiger partial charge is 0.298 e. The zero-order chi connectivity index (χ0) is 12.6. The fraction of sp³-hybridized carbons (Fsp3) is 0.0909. The zero-order valence-corrected chi connectivity index (χ0v) is 11.1. The quantitative estimate of drug-likeness (QED) is 0.795. The Bertz CT molecular complexity index is 597. The number of halogens is 3. The summed E-state index contributed by atoms with van der Waals surface area (Å²) in [6, 6.07) is 3.94. The van der Waals surface area contributed by atoms with Gasteiger partial charge in [0.1, 0.15) is 16.1 Å². The Morgan fingerprint density at radius 2 is 2.24 bits per heavy atom. The highest BCUT2D eigenvalue weighted by molar-refractivity contribution is 9.10. The summed E-state index contributed by atoms with van der Waals surface area (Å²) in [5.74, 6) is -0.428. The van der Waals surface area contributed by atoms with Crippen LogP contribution < -0.4 is 0 Å². The highest BCUT2D eigenvalue weighted by Gasteiger charge is 2.17. The number of carbonyl (C=O) groups is 1. The first kappa shape index (κ1) is 12.3. The van der Waals surface area contributed by atoms with E-state index in [4.69, 9.17) is 11.6 Å². The van der Waals surface area contributed by atoms with Gasteiger partial charge in [0.25, 0.3) is 0 Å². The first-order valence-corrected chi connectivity index (χ1v) is 5.84. The Kier molecular flexibility index (Phi) is 3.31. The topological polar surface area (TPSA) is 34.9 Å². The molecule has 88 valence electrons. The van der Waals surface area contributed by atoms with Crippen molar-refractivity contribution >= 4 is 33.8 Å². The van der Waals surface area contributed by atoms with E-state index in [9.17, 15) is 9.18 Å². The van der Waals surface area contributed by atoms with Crippen LogP contribution in [0.1, 0.15) is 10.4 Å². The Labute approximate surface area is 110 Å². The van der Waals surface area contributed by atoms with Crippen molar-refractivity contribution in [2.75, 3.05) is 0 Å². The molecule has 0 amide bonds. The maximum atomic E-state index is 13.2. The third kappa shape index (κ3) is 2.12. The van der Waals surface area contributed by atoms with Gasteiger partial charge < -0.3 is 0 Å². The number of carbonyl (C=O) groups excluding carboxylic acids is 1. The van der Waals surface area contributed by atoms with E-state index in [1.54, 1.807) is 7.05 Å². The molecule has 2 aromatic rings. The Hall–Kier alpha value is -1.20. The van der Waals surface area contributed by atoms with E-state index in [0.29, 0.717) is 32.7 Å². The van der Waals surface area contributed by atoms with E-state index in [1.807, 2.05) is 0 Å². The minimum Gasteiger partial charge on any atom is -0.298 e. The van der Waals surface area contributed by atoms with Crippen molar-refractivity contribution in [2.24, 2.45) is 7.05 Å². The zero-order valence-electron chi connectivity index (χ0n) is 8.75. The average Bonchev–Trinajstić information content (AvgIpc) is 2.58. The first-order valence-electron chi connectivity index (χ1n) is 4.67. The SMILES string of the molecule is Cn1nc(-c2cc(F)ccc2Cl)c(C=O)c1Br. The lowest BCUT2D eigenvalue weighted by Crippen LogP contribution is -1.90. The van der Waals surface area contributed by atoms with Crippen molar-refractivity contribution in [3.8, 4) is 11.3 Å². The number of nitrogens with zero attached hydrogens (tertiary/aromatic N) is 2. The van der Waals surface area contributed by atoms with E-state index in [2.05, 4.69) is 21.0 Å². The molecule has 0 saturated heterocycles. The second kappa shape index (κ2) is 4.58. The Morgan fingerprint density at radius 1 is 1.53 bits per heavy atom. The van der Waals surface area contributed by atoms with Crippen LogP contribution in [0, 0.1) is 5.82 Å². The molecule has 0 radical (unpaired) electrons. The van der Waals surface area contributed by atoms with Crippen LogP contribution in [-0.4, -0.2) is 16.1 Å². The number of benzene rings is 1. The van der Waals surface area contributed by atoms with E-state index in [0.717, 1.165) is 0 Å². The summed E-state index contributed by atoms with van der Waals surface area (Å²) in [6.07, 6.45) is 0.660. The maximum absolute atomic E-state index is 13.2. The molecule has 1 aromatic heterocycles. The van der Waals surface area contributed by atoms with Gasteiger partial charge in [0.15, 0.2) is 6.29 Å². The van der Waals surface area contributed by atoms with Crippen LogP contribution in [0.25, 0.3) is 11.3 Å². The lowest BCUT2D eigenvalue weighted by molar-refractivity contribution is 0.112. The van der Waals surface area contributed by atoms with Gasteiger partial charge in [-0.05, 0) is 34.1 Å². The lowest BCUT2D eigenvalue weighted by atomic mass is 10.1. The summed E-state index contributed by atoms with van der Waals surface area (Å²) in [6.45, 7) is 0. The normalized spacial score (nSPS) is 10.6. The van der Waals surface area contributed by atoms with Gasteiger partial charge in [-0.15, -0.1) is 0 Å². The molecule has 0 atom stereocenters. The number of rotatable bonds is 2. The molecule has 0 N–H and O–H groups in total. The molecule has 2 rings (SSSR count). The van der Waals surface area contributed by atoms with E-state index in [1.165, 1.54) is 22.9 Å². The number of hydrogen-bond acceptors (Lipinski definition) is 2. The third-order valence-electron chi connectivity index (χ3n) is 2.31. The molecule has 0 fully saturated rings. The van der Waals surface area contributed by atoms with Crippen molar-refractivity contribution in [2.45, 2.75) is 0 Å². The molecule has 3 nitrogen and oxygen atoms in total. The predicted octanol–water partition coefficient (Wildman–Crippen LogP) is 3.45. The Morgan fingerprint density at radius 3 is 2.88 bits per heavy atom. The number of aldehydes is 1. The molecule has 17 heavy (non-hydrogen) atoms. The van der Waals surface area contributed by atoms with Crippen molar-refractivity contribution in [3.05, 3.63) is 39.2 Å². The van der Waals surface area contributed by atoms with E-state index in [-0.39, 0.29) is 0 Å². The van der Waals surface area contributed by atoms with Crippen LogP contribution in [0.4, 0.5) is 4.39 Å². The summed E-state index contributed by atoms with van der Waals surface area (Å²) in [5.41, 5.74) is 1.11. The summed E-state index contributed by atoms with van der Waals surface area (Å²) < 4.78 is 15.2. The summed E-state index contributed by atoms with van der Waals surface area (Å²) in [4.78, 5) is 11.0. The van der Waals surface area contributed by atoms with Gasteiger partial charge in [0.05, 0.1) is 10.6 Å². The van der Waals surface area contributed by atoms with Gasteiger partial charge in [-0.2, -0.15) is 5.10 Å². The first-order chi connectivity index (χ1) is 8.04. The molecule has 0 unspecified atom stereocenters. The van der Waals surface area contributed by atoms with Crippen LogP contribution in [0.2, 0.25) is 5.02 Å². The standard InChI is InChI=1S/C11H7BrClFN2O/c1-16-11(12)8(5-17)10(15-16)7-4-6(14)2-3-9(7)13/h2-5H,1H3. The molecule has 6 heteroatoms. The van der Waals surface area contributed by atoms with Gasteiger partial charge in [-0.25, -0.2) is 4.39 Å². The highest BCUT2D eigenvalue weighted by atomic mass is 79.9. The van der Waals surface area contributed by atoms with Gasteiger partial charge >= 0.3 is 0 Å². The minimum absolute atomic E-state index is 0.347. The lowest BCUT2D eigenvalue weighted by Gasteiger charge is -2.01. The summed E-state index contributed by atoms with van der Waals surface area (Å²) >= 11 is 9.21. The van der Waals surface area contributed by atoms with Gasteiger partial charge in [0.2, 0.25) is 0 Å². The molecule has 0 aliphatic heterocycles. The monoisotopic (exact) mass is 316 g/mol. The van der Waals surface area contributed by atoms with Crippen LogP contribution in [-0.2, 0) is 7.05 Å². The molecule has 0 spiro atoms. The van der Waals surface area contributed by atoms with E-state index >= 15 is 0 Å². The predicted molar refractivity (Wildman–Crippen MR) is 66.7 cm³/mol. The smallest absolute Gasteiger partial charge is 0.155 e. The van der Waals surface area contributed by atoms with Crippen molar-refractivity contribution in [1.29, 1.82) is 0 Å². The molecular formula is C11H7BrClFN2O. The maximum Gasteiger partial charge on any atom is 0.155 e. The van der Waals surface area contributed by atoms with Gasteiger partial charge in [0, 0.05) is 12.6 Å². The number of hydrogen-bond donors (Lipinski definition) is 0. The molecule has 0 bridgehead atoms. The molecular weight excluding hydrogens is 310 g/mol. The van der Waals surface area contributed by atoms with Crippen molar-refractivity contribution < 1.29 is 9.18 Å². The van der Waals surface area contributed by atoms with Crippen LogP contribution in [0.15, 0.2) is 22.8 Å². The fourth-order valence-electron chi connectivity index (χ4n) is 1.50. The highest BCUT2D eigenvalue weighted by Crippen LogP contribution is 2.32. The van der Waals surface area contributed by atoms with Gasteiger partial charge in [-0.3, -0.25) is 9.48 Å². The molecule has 0 aliphatic carbocycles. The van der Waals surface area contributed by atoms with Gasteiger partial charge in [-0.1, -0.05) is 11.6 Å². The fourth-order valence-corrected chi connectivity index (χ4v) is 2.07. The summed E-state index contributed by atoms with van der Waals surface area (Å²) in [5, 5.41) is 4.49. The minimum atomic E-state index is -0.428. The third-order valence-corrected chi connectivity index (χ3v) is 3.58. The molecule has 0 aliphatic rings. The molecule has 1 heterocycles. The molecule has 1 aromatic carbocycles. The second-order valence-electron chi connectivity index (χ2n) is 3.42. The second-order valence-corrected chi connectivity index (χ2v) is 4.58. The van der Waals surface area contributed by atoms with Crippen molar-refractivity contribution in [3.63, 3.8) is 0 Å². The van der Waals surface area contributed by atoms with Crippen LogP contribution in [0.5, 0.6) is 0 Å². The van der Waals surface area contributed by atoms with Crippen molar-refractivity contribution in [1.82, 2.24) is 9.78 Å². The van der Waals surface area contributed by atoms with E-state index < -0.39 is 5.82 Å². The van der Waals surface area contributed by atoms with Crippen LogP contribution in [0.3, 0.4) is 0 Å². The molecule has 0 saturated carbocycles.